The van der Waals surface area contributed by atoms with E-state index in [1.807, 2.05) is 59.5 Å². The number of benzene rings is 3. The van der Waals surface area contributed by atoms with E-state index < -0.39 is 5.41 Å². The fourth-order valence-electron chi connectivity index (χ4n) is 9.78. The highest BCUT2D eigenvalue weighted by Crippen LogP contribution is 2.40. The van der Waals surface area contributed by atoms with E-state index in [1.165, 1.54) is 5.56 Å². The molecule has 14 heteroatoms. The van der Waals surface area contributed by atoms with Crippen molar-refractivity contribution >= 4 is 40.8 Å². The fraction of sp³-hybridized carbons (Fsp3) is 0.458. The molecule has 4 aromatic rings. The lowest BCUT2D eigenvalue weighted by Crippen LogP contribution is -2.53. The SMILES string of the molecule is Nc1nnc(-c2ccccc2O)cc1N1CCC(C(=O)NCC2CCN(C(=O)CCCN3CCC(c4ccc(NC5CCC(=O)NC5=O)cc4)CC3)CC2)(c2ccccc2)CC1. The Labute approximate surface area is 363 Å². The van der Waals surface area contributed by atoms with Crippen LogP contribution in [0.15, 0.2) is 84.9 Å². The first kappa shape index (κ1) is 42.7. The van der Waals surface area contributed by atoms with Gasteiger partial charge in [-0.05, 0) is 124 Å². The molecule has 5 heterocycles. The van der Waals surface area contributed by atoms with Crippen LogP contribution in [0.5, 0.6) is 5.75 Å². The number of hydrogen-bond acceptors (Lipinski definition) is 11. The molecule has 0 spiro atoms. The number of amides is 4. The molecular formula is C48H59N9O5. The molecule has 4 aliphatic heterocycles. The summed E-state index contributed by atoms with van der Waals surface area (Å²) in [4.78, 5) is 57.7. The van der Waals surface area contributed by atoms with Crippen molar-refractivity contribution in [2.45, 2.75) is 81.6 Å². The second-order valence-electron chi connectivity index (χ2n) is 17.5. The van der Waals surface area contributed by atoms with Crippen LogP contribution >= 0.6 is 0 Å². The van der Waals surface area contributed by atoms with Crippen LogP contribution in [0.1, 0.15) is 81.3 Å². The number of anilines is 3. The number of carbonyl (C=O) groups is 4. The highest BCUT2D eigenvalue weighted by Gasteiger charge is 2.43. The molecule has 0 aliphatic carbocycles. The number of nitrogens with two attached hydrogens (primary N) is 1. The monoisotopic (exact) mass is 841 g/mol. The Bertz CT molecular complexity index is 2200. The average Bonchev–Trinajstić information content (AvgIpc) is 3.30. The molecule has 4 amide bonds. The normalized spacial score (nSPS) is 20.1. The average molecular weight is 842 g/mol. The number of phenolic OH excluding ortho intramolecular Hbond substituents is 1. The predicted octanol–water partition coefficient (Wildman–Crippen LogP) is 5.20. The van der Waals surface area contributed by atoms with Crippen LogP contribution < -0.4 is 26.6 Å². The van der Waals surface area contributed by atoms with Crippen molar-refractivity contribution in [3.05, 3.63) is 96.1 Å². The third kappa shape index (κ3) is 9.86. The van der Waals surface area contributed by atoms with Gasteiger partial charge in [0.25, 0.3) is 0 Å². The van der Waals surface area contributed by atoms with Crippen LogP contribution in [0.3, 0.4) is 0 Å². The van der Waals surface area contributed by atoms with Crippen molar-refractivity contribution in [1.29, 1.82) is 0 Å². The molecule has 62 heavy (non-hydrogen) atoms. The summed E-state index contributed by atoms with van der Waals surface area (Å²) in [7, 11) is 0. The number of aromatic hydroxyl groups is 1. The molecule has 4 fully saturated rings. The quantitative estimate of drug-likeness (QED) is 0.112. The van der Waals surface area contributed by atoms with Gasteiger partial charge in [0, 0.05) is 56.8 Å². The Kier molecular flexibility index (Phi) is 13.3. The molecule has 1 unspecified atom stereocenters. The summed E-state index contributed by atoms with van der Waals surface area (Å²) in [6.07, 6.45) is 7.34. The minimum absolute atomic E-state index is 0.0406. The van der Waals surface area contributed by atoms with Crippen molar-refractivity contribution in [3.8, 4) is 17.0 Å². The Hall–Kier alpha value is -6.02. The molecule has 1 aromatic heterocycles. The number of imide groups is 1. The summed E-state index contributed by atoms with van der Waals surface area (Å²) >= 11 is 0. The van der Waals surface area contributed by atoms with Crippen LogP contribution in [0.4, 0.5) is 17.2 Å². The number of rotatable bonds is 13. The van der Waals surface area contributed by atoms with Crippen molar-refractivity contribution in [2.24, 2.45) is 5.92 Å². The lowest BCUT2D eigenvalue weighted by molar-refractivity contribution is -0.134. The molecule has 0 radical (unpaired) electrons. The summed E-state index contributed by atoms with van der Waals surface area (Å²) in [5, 5.41) is 27.9. The smallest absolute Gasteiger partial charge is 0.249 e. The first-order valence-corrected chi connectivity index (χ1v) is 22.4. The van der Waals surface area contributed by atoms with Crippen molar-refractivity contribution in [1.82, 2.24) is 30.6 Å². The van der Waals surface area contributed by atoms with Crippen molar-refractivity contribution in [2.75, 3.05) is 68.3 Å². The summed E-state index contributed by atoms with van der Waals surface area (Å²) in [5.41, 5.74) is 10.7. The molecule has 4 aliphatic rings. The van der Waals surface area contributed by atoms with Crippen LogP contribution in [0.2, 0.25) is 0 Å². The van der Waals surface area contributed by atoms with Gasteiger partial charge in [-0.15, -0.1) is 10.2 Å². The number of likely N-dealkylation sites (tertiary alicyclic amines) is 2. The Morgan fingerprint density at radius 3 is 2.26 bits per heavy atom. The van der Waals surface area contributed by atoms with E-state index in [4.69, 9.17) is 5.73 Å². The number of piperidine rings is 4. The maximum Gasteiger partial charge on any atom is 0.249 e. The minimum Gasteiger partial charge on any atom is -0.507 e. The van der Waals surface area contributed by atoms with Gasteiger partial charge < -0.3 is 36.2 Å². The molecule has 326 valence electrons. The highest BCUT2D eigenvalue weighted by atomic mass is 16.3. The van der Waals surface area contributed by atoms with Gasteiger partial charge >= 0.3 is 0 Å². The van der Waals surface area contributed by atoms with Crippen LogP contribution in [-0.2, 0) is 24.6 Å². The van der Waals surface area contributed by atoms with Crippen LogP contribution in [0.25, 0.3) is 11.3 Å². The van der Waals surface area contributed by atoms with E-state index in [0.717, 1.165) is 81.8 Å². The summed E-state index contributed by atoms with van der Waals surface area (Å²) < 4.78 is 0. The summed E-state index contributed by atoms with van der Waals surface area (Å²) in [6, 6.07) is 26.9. The number of aromatic nitrogens is 2. The van der Waals surface area contributed by atoms with Crippen LogP contribution in [0, 0.1) is 5.92 Å². The number of nitrogen functional groups attached to an aromatic ring is 1. The topological polar surface area (TPSA) is 186 Å². The lowest BCUT2D eigenvalue weighted by atomic mass is 9.71. The number of carbonyl (C=O) groups excluding carboxylic acids is 4. The number of phenols is 1. The predicted molar refractivity (Wildman–Crippen MR) is 239 cm³/mol. The Morgan fingerprint density at radius 1 is 0.839 bits per heavy atom. The van der Waals surface area contributed by atoms with Gasteiger partial charge in [0.2, 0.25) is 23.6 Å². The third-order valence-electron chi connectivity index (χ3n) is 13.6. The molecule has 6 N–H and O–H groups in total. The van der Waals surface area contributed by atoms with Crippen molar-refractivity contribution in [3.63, 3.8) is 0 Å². The number of hydrogen-bond donors (Lipinski definition) is 5. The minimum atomic E-state index is -0.691. The van der Waals surface area contributed by atoms with Gasteiger partial charge in [-0.3, -0.25) is 24.5 Å². The number of para-hydroxylation sites is 1. The van der Waals surface area contributed by atoms with E-state index in [0.29, 0.717) is 80.6 Å². The largest absolute Gasteiger partial charge is 0.507 e. The molecule has 8 rings (SSSR count). The van der Waals surface area contributed by atoms with E-state index in [-0.39, 0.29) is 35.4 Å². The second-order valence-corrected chi connectivity index (χ2v) is 17.5. The third-order valence-corrected chi connectivity index (χ3v) is 13.6. The Morgan fingerprint density at radius 2 is 1.55 bits per heavy atom. The van der Waals surface area contributed by atoms with Crippen molar-refractivity contribution < 1.29 is 24.3 Å². The van der Waals surface area contributed by atoms with E-state index in [1.54, 1.807) is 18.2 Å². The highest BCUT2D eigenvalue weighted by molar-refractivity contribution is 6.01. The van der Waals surface area contributed by atoms with E-state index >= 15 is 0 Å². The summed E-state index contributed by atoms with van der Waals surface area (Å²) in [6.45, 7) is 6.15. The molecule has 14 nitrogen and oxygen atoms in total. The molecule has 4 saturated heterocycles. The summed E-state index contributed by atoms with van der Waals surface area (Å²) in [5.74, 6) is 1.02. The zero-order valence-electron chi connectivity index (χ0n) is 35.4. The van der Waals surface area contributed by atoms with E-state index in [2.05, 4.69) is 48.1 Å². The molecular weight excluding hydrogens is 783 g/mol. The number of nitrogens with one attached hydrogen (secondary N) is 3. The van der Waals surface area contributed by atoms with Gasteiger partial charge in [0.15, 0.2) is 5.82 Å². The zero-order valence-corrected chi connectivity index (χ0v) is 35.4. The first-order valence-electron chi connectivity index (χ1n) is 22.4. The zero-order chi connectivity index (χ0) is 43.1. The Balaban J connectivity index is 0.757. The van der Waals surface area contributed by atoms with Gasteiger partial charge in [0.05, 0.1) is 16.8 Å². The maximum absolute atomic E-state index is 14.3. The van der Waals surface area contributed by atoms with Crippen LogP contribution in [-0.4, -0.2) is 107 Å². The second kappa shape index (κ2) is 19.4. The molecule has 0 bridgehead atoms. The maximum atomic E-state index is 14.3. The molecule has 0 saturated carbocycles. The lowest BCUT2D eigenvalue weighted by Gasteiger charge is -2.42. The standard InChI is InChI=1S/C48H59N9O5/c49-45-41(31-40(53-54-45)38-9-4-5-10-42(38)58)56-29-22-48(23-30-56,36-7-2-1-3-8-36)47(62)50-32-33-18-27-57(28-19-33)44(60)11-6-24-55-25-20-35(21-26-55)34-12-14-37(15-13-34)51-39-16-17-43(59)52-46(39)61/h1-5,7-10,12-15,31,33,35,39,51,58H,6,11,16-30,32H2,(H2,49,54)(H,50,62)(H,52,59,61). The molecule has 1 atom stereocenters. The van der Waals surface area contributed by atoms with Gasteiger partial charge in [-0.2, -0.15) is 0 Å². The van der Waals surface area contributed by atoms with Gasteiger partial charge in [-0.1, -0.05) is 54.6 Å². The number of nitrogens with zero attached hydrogens (tertiary/aromatic N) is 5. The van der Waals surface area contributed by atoms with E-state index in [9.17, 15) is 24.3 Å². The molecule has 3 aromatic carbocycles. The van der Waals surface area contributed by atoms with Gasteiger partial charge in [0.1, 0.15) is 11.8 Å². The first-order chi connectivity index (χ1) is 30.1. The van der Waals surface area contributed by atoms with Gasteiger partial charge in [-0.25, -0.2) is 0 Å². The fourth-order valence-corrected chi connectivity index (χ4v) is 9.78.